The Bertz CT molecular complexity index is 270. The van der Waals surface area contributed by atoms with E-state index < -0.39 is 0 Å². The van der Waals surface area contributed by atoms with E-state index in [2.05, 4.69) is 30.0 Å². The monoisotopic (exact) mass is 271 g/mol. The minimum atomic E-state index is 0.237. The average Bonchev–Trinajstić information content (AvgIpc) is 3.15. The van der Waals surface area contributed by atoms with Crippen molar-refractivity contribution in [3.05, 3.63) is 0 Å². The molecule has 1 saturated carbocycles. The van der Waals surface area contributed by atoms with Crippen molar-refractivity contribution in [3.63, 3.8) is 0 Å². The maximum atomic E-state index is 6.15. The first-order valence-electron chi connectivity index (χ1n) is 7.29. The summed E-state index contributed by atoms with van der Waals surface area (Å²) >= 11 is 1.94. The lowest BCUT2D eigenvalue weighted by Gasteiger charge is -2.42. The molecule has 1 aliphatic heterocycles. The van der Waals surface area contributed by atoms with Gasteiger partial charge in [-0.25, -0.2) is 0 Å². The molecule has 2 atom stereocenters. The Morgan fingerprint density at radius 1 is 1.50 bits per heavy atom. The van der Waals surface area contributed by atoms with Crippen LogP contribution in [0.3, 0.4) is 0 Å². The highest BCUT2D eigenvalue weighted by molar-refractivity contribution is 7.98. The summed E-state index contributed by atoms with van der Waals surface area (Å²) in [6, 6.07) is 1.52. The zero-order valence-electron chi connectivity index (χ0n) is 12.2. The van der Waals surface area contributed by atoms with Gasteiger partial charge in [-0.2, -0.15) is 11.8 Å². The second-order valence-corrected chi connectivity index (χ2v) is 7.11. The molecule has 2 aliphatic rings. The van der Waals surface area contributed by atoms with E-state index in [1.807, 2.05) is 11.8 Å². The van der Waals surface area contributed by atoms with E-state index in [1.165, 1.54) is 44.5 Å². The van der Waals surface area contributed by atoms with E-state index in [0.717, 1.165) is 12.6 Å². The van der Waals surface area contributed by atoms with E-state index in [9.17, 15) is 0 Å². The zero-order chi connectivity index (χ0) is 13.2. The first-order valence-corrected chi connectivity index (χ1v) is 8.68. The summed E-state index contributed by atoms with van der Waals surface area (Å²) < 4.78 is 0. The summed E-state index contributed by atoms with van der Waals surface area (Å²) in [6.45, 7) is 5.60. The van der Waals surface area contributed by atoms with Crippen LogP contribution in [0.2, 0.25) is 0 Å². The van der Waals surface area contributed by atoms with E-state index in [1.54, 1.807) is 0 Å². The van der Waals surface area contributed by atoms with Gasteiger partial charge in [-0.1, -0.05) is 0 Å². The molecule has 0 bridgehead atoms. The van der Waals surface area contributed by atoms with Gasteiger partial charge in [-0.05, 0) is 51.7 Å². The third-order valence-corrected chi connectivity index (χ3v) is 5.60. The molecule has 0 aromatic rings. The van der Waals surface area contributed by atoms with Gasteiger partial charge >= 0.3 is 0 Å². The molecule has 18 heavy (non-hydrogen) atoms. The normalized spacial score (nSPS) is 31.2. The van der Waals surface area contributed by atoms with Crippen molar-refractivity contribution in [1.82, 2.24) is 9.80 Å². The molecule has 1 saturated heterocycles. The Labute approximate surface area is 116 Å². The Kier molecular flexibility index (Phi) is 4.98. The molecule has 2 unspecified atom stereocenters. The van der Waals surface area contributed by atoms with Crippen LogP contribution in [0.25, 0.3) is 0 Å². The average molecular weight is 271 g/mol. The molecule has 0 aromatic heterocycles. The highest BCUT2D eigenvalue weighted by Crippen LogP contribution is 2.36. The fourth-order valence-corrected chi connectivity index (χ4v) is 3.76. The predicted octanol–water partition coefficient (Wildman–Crippen LogP) is 1.63. The predicted molar refractivity (Wildman–Crippen MR) is 81.2 cm³/mol. The summed E-state index contributed by atoms with van der Waals surface area (Å²) in [4.78, 5) is 5.25. The minimum Gasteiger partial charge on any atom is -0.329 e. The number of hydrogen-bond donors (Lipinski definition) is 1. The highest BCUT2D eigenvalue weighted by Gasteiger charge is 2.45. The van der Waals surface area contributed by atoms with E-state index in [-0.39, 0.29) is 5.54 Å². The van der Waals surface area contributed by atoms with E-state index in [0.29, 0.717) is 6.04 Å². The zero-order valence-corrected chi connectivity index (χ0v) is 13.0. The van der Waals surface area contributed by atoms with Gasteiger partial charge in [0.05, 0.1) is 0 Å². The van der Waals surface area contributed by atoms with Crippen molar-refractivity contribution in [2.24, 2.45) is 5.73 Å². The molecule has 0 amide bonds. The lowest BCUT2D eigenvalue weighted by atomic mass is 9.94. The molecule has 0 radical (unpaired) electrons. The van der Waals surface area contributed by atoms with Crippen LogP contribution in [0.1, 0.15) is 32.6 Å². The summed E-state index contributed by atoms with van der Waals surface area (Å²) in [7, 11) is 2.29. The minimum absolute atomic E-state index is 0.237. The molecular formula is C14H29N3S. The van der Waals surface area contributed by atoms with Gasteiger partial charge in [-0.3, -0.25) is 9.80 Å². The molecule has 3 nitrogen and oxygen atoms in total. The topological polar surface area (TPSA) is 32.5 Å². The van der Waals surface area contributed by atoms with Crippen LogP contribution in [0.5, 0.6) is 0 Å². The maximum absolute atomic E-state index is 6.15. The molecule has 106 valence electrons. The van der Waals surface area contributed by atoms with Crippen LogP contribution in [0, 0.1) is 0 Å². The highest BCUT2D eigenvalue weighted by atomic mass is 32.2. The Morgan fingerprint density at radius 2 is 2.22 bits per heavy atom. The number of nitrogens with two attached hydrogens (primary N) is 1. The van der Waals surface area contributed by atoms with Crippen molar-refractivity contribution in [2.45, 2.75) is 50.2 Å². The molecule has 2 N–H and O–H groups in total. The Morgan fingerprint density at radius 3 is 2.78 bits per heavy atom. The third kappa shape index (κ3) is 3.03. The van der Waals surface area contributed by atoms with E-state index in [4.69, 9.17) is 5.73 Å². The first-order chi connectivity index (χ1) is 8.63. The van der Waals surface area contributed by atoms with Gasteiger partial charge in [0.25, 0.3) is 0 Å². The molecular weight excluding hydrogens is 242 g/mol. The third-order valence-electron chi connectivity index (χ3n) is 4.95. The van der Waals surface area contributed by atoms with Crippen molar-refractivity contribution >= 4 is 11.8 Å². The Hall–Kier alpha value is 0.230. The van der Waals surface area contributed by atoms with Crippen LogP contribution in [0.4, 0.5) is 0 Å². The van der Waals surface area contributed by atoms with Crippen LogP contribution in [-0.2, 0) is 0 Å². The van der Waals surface area contributed by atoms with Gasteiger partial charge in [0.15, 0.2) is 0 Å². The van der Waals surface area contributed by atoms with Crippen molar-refractivity contribution in [2.75, 3.05) is 38.7 Å². The summed E-state index contributed by atoms with van der Waals surface area (Å²) in [6.07, 6.45) is 7.53. The van der Waals surface area contributed by atoms with Crippen LogP contribution >= 0.6 is 11.8 Å². The SMILES string of the molecule is CSCCC(C)N(C)C1(CN)CCN(C2CC2)C1. The van der Waals surface area contributed by atoms with Gasteiger partial charge in [0.2, 0.25) is 0 Å². The summed E-state index contributed by atoms with van der Waals surface area (Å²) in [5.74, 6) is 1.25. The summed E-state index contributed by atoms with van der Waals surface area (Å²) in [5.41, 5.74) is 6.38. The van der Waals surface area contributed by atoms with Gasteiger partial charge in [-0.15, -0.1) is 0 Å². The largest absolute Gasteiger partial charge is 0.329 e. The number of rotatable bonds is 7. The fourth-order valence-electron chi connectivity index (χ4n) is 3.19. The molecule has 1 heterocycles. The standard InChI is InChI=1S/C14H29N3S/c1-12(6-9-18-3)16(2)14(10-15)7-8-17(11-14)13-4-5-13/h12-13H,4-11,15H2,1-3H3. The second kappa shape index (κ2) is 6.12. The maximum Gasteiger partial charge on any atom is 0.0470 e. The van der Waals surface area contributed by atoms with Crippen LogP contribution in [0.15, 0.2) is 0 Å². The molecule has 4 heteroatoms. The van der Waals surface area contributed by atoms with Crippen LogP contribution < -0.4 is 5.73 Å². The second-order valence-electron chi connectivity index (χ2n) is 6.12. The van der Waals surface area contributed by atoms with E-state index >= 15 is 0 Å². The number of nitrogens with zero attached hydrogens (tertiary/aromatic N) is 2. The quantitative estimate of drug-likeness (QED) is 0.763. The van der Waals surface area contributed by atoms with Gasteiger partial charge < -0.3 is 5.73 Å². The molecule has 1 aliphatic carbocycles. The number of thioether (sulfide) groups is 1. The first kappa shape index (κ1) is 14.6. The lowest BCUT2D eigenvalue weighted by molar-refractivity contribution is 0.0871. The number of hydrogen-bond acceptors (Lipinski definition) is 4. The number of likely N-dealkylation sites (tertiary alicyclic amines) is 1. The van der Waals surface area contributed by atoms with Gasteiger partial charge in [0.1, 0.15) is 0 Å². The molecule has 0 aromatic carbocycles. The molecule has 2 fully saturated rings. The van der Waals surface area contributed by atoms with Crippen molar-refractivity contribution in [3.8, 4) is 0 Å². The molecule has 2 rings (SSSR count). The van der Waals surface area contributed by atoms with Crippen molar-refractivity contribution < 1.29 is 0 Å². The van der Waals surface area contributed by atoms with Gasteiger partial charge in [0, 0.05) is 37.3 Å². The fraction of sp³-hybridized carbons (Fsp3) is 1.00. The smallest absolute Gasteiger partial charge is 0.0470 e. The Balaban J connectivity index is 1.93. The molecule has 0 spiro atoms. The summed E-state index contributed by atoms with van der Waals surface area (Å²) in [5, 5.41) is 0. The number of likely N-dealkylation sites (N-methyl/N-ethyl adjacent to an activating group) is 1. The van der Waals surface area contributed by atoms with Crippen LogP contribution in [-0.4, -0.2) is 66.1 Å². The lowest BCUT2D eigenvalue weighted by Crippen LogP contribution is -2.57. The van der Waals surface area contributed by atoms with Crippen molar-refractivity contribution in [1.29, 1.82) is 0 Å².